The molecule has 0 unspecified atom stereocenters. The lowest BCUT2D eigenvalue weighted by Gasteiger charge is -2.10. The van der Waals surface area contributed by atoms with Crippen molar-refractivity contribution < 1.29 is 13.5 Å². The molecule has 0 aliphatic heterocycles. The van der Waals surface area contributed by atoms with Crippen LogP contribution in [-0.2, 0) is 6.42 Å². The maximum atomic E-state index is 14.9. The molecule has 1 saturated carbocycles. The Morgan fingerprint density at radius 1 is 0.897 bits per heavy atom. The zero-order valence-corrected chi connectivity index (χ0v) is 17.5. The van der Waals surface area contributed by atoms with Crippen LogP contribution < -0.4 is 4.74 Å². The quantitative estimate of drug-likeness (QED) is 0.383. The summed E-state index contributed by atoms with van der Waals surface area (Å²) in [6, 6.07) is 14.7. The molecule has 0 N–H and O–H groups in total. The summed E-state index contributed by atoms with van der Waals surface area (Å²) >= 11 is 1.37. The van der Waals surface area contributed by atoms with Gasteiger partial charge in [0.2, 0.25) is 0 Å². The fraction of sp³-hybridized carbons (Fsp3) is 0.360. The molecule has 1 aliphatic carbocycles. The summed E-state index contributed by atoms with van der Waals surface area (Å²) in [4.78, 5) is 0.688. The molecular weight excluding hydrogens is 386 g/mol. The van der Waals surface area contributed by atoms with Crippen LogP contribution in [0.3, 0.4) is 0 Å². The highest BCUT2D eigenvalue weighted by molar-refractivity contribution is 7.17. The molecule has 4 rings (SSSR count). The van der Waals surface area contributed by atoms with Gasteiger partial charge in [-0.05, 0) is 54.5 Å². The van der Waals surface area contributed by atoms with Gasteiger partial charge in [-0.2, -0.15) is 0 Å². The van der Waals surface area contributed by atoms with Gasteiger partial charge in [0, 0.05) is 16.0 Å². The van der Waals surface area contributed by atoms with E-state index < -0.39 is 11.6 Å². The fourth-order valence-electron chi connectivity index (χ4n) is 4.02. The van der Waals surface area contributed by atoms with Crippen LogP contribution in [0.25, 0.3) is 21.6 Å². The van der Waals surface area contributed by atoms with Gasteiger partial charge in [0.1, 0.15) is 0 Å². The molecule has 0 saturated heterocycles. The van der Waals surface area contributed by atoms with Gasteiger partial charge in [-0.1, -0.05) is 67.9 Å². The molecule has 29 heavy (non-hydrogen) atoms. The Morgan fingerprint density at radius 2 is 1.59 bits per heavy atom. The summed E-state index contributed by atoms with van der Waals surface area (Å²) in [5.74, 6) is -0.977. The van der Waals surface area contributed by atoms with E-state index in [0.717, 1.165) is 17.9 Å². The van der Waals surface area contributed by atoms with Crippen molar-refractivity contribution >= 4 is 11.3 Å². The van der Waals surface area contributed by atoms with E-state index in [-0.39, 0.29) is 5.56 Å². The first-order chi connectivity index (χ1) is 14.2. The Bertz CT molecular complexity index is 955. The van der Waals surface area contributed by atoms with Gasteiger partial charge in [-0.15, -0.1) is 0 Å². The van der Waals surface area contributed by atoms with Crippen LogP contribution in [0.15, 0.2) is 48.5 Å². The minimum absolute atomic E-state index is 0.287. The molecule has 4 heteroatoms. The van der Waals surface area contributed by atoms with Gasteiger partial charge >= 0.3 is 0 Å². The monoisotopic (exact) mass is 412 g/mol. The predicted molar refractivity (Wildman–Crippen MR) is 117 cm³/mol. The number of thiophene rings is 1. The van der Waals surface area contributed by atoms with Crippen molar-refractivity contribution in [3.63, 3.8) is 0 Å². The van der Waals surface area contributed by atoms with E-state index in [2.05, 4.69) is 6.92 Å². The van der Waals surface area contributed by atoms with E-state index in [9.17, 15) is 8.78 Å². The number of ether oxygens (including phenoxy) is 1. The highest BCUT2D eigenvalue weighted by atomic mass is 32.1. The summed E-state index contributed by atoms with van der Waals surface area (Å²) in [5, 5.41) is 0.766. The third-order valence-corrected chi connectivity index (χ3v) is 6.70. The van der Waals surface area contributed by atoms with Crippen LogP contribution in [0.4, 0.5) is 8.78 Å². The largest absolute Gasteiger partial charge is 0.484 e. The number of benzene rings is 2. The van der Waals surface area contributed by atoms with E-state index >= 15 is 0 Å². The molecule has 1 aromatic heterocycles. The van der Waals surface area contributed by atoms with Gasteiger partial charge in [-0.3, -0.25) is 0 Å². The number of aryl methyl sites for hydroxylation is 1. The number of halogens is 2. The number of hydrogen-bond donors (Lipinski definition) is 0. The lowest BCUT2D eigenvalue weighted by atomic mass is 10.00. The van der Waals surface area contributed by atoms with Crippen molar-refractivity contribution in [2.75, 3.05) is 6.61 Å². The standard InChI is InChI=1S/C25H26F2OS/c1-2-5-17-8-10-19(11-9-17)20-12-13-21(25(27)24(20)26)22-14-15-23(29-22)28-16-18-6-3-4-7-18/h8-15,18H,2-7,16H2,1H3. The molecule has 0 bridgehead atoms. The summed E-state index contributed by atoms with van der Waals surface area (Å²) in [6.07, 6.45) is 7.05. The smallest absolute Gasteiger partial charge is 0.174 e. The van der Waals surface area contributed by atoms with E-state index in [4.69, 9.17) is 4.74 Å². The minimum Gasteiger partial charge on any atom is -0.484 e. The lowest BCUT2D eigenvalue weighted by molar-refractivity contribution is 0.259. The second-order valence-electron chi connectivity index (χ2n) is 7.82. The van der Waals surface area contributed by atoms with Gasteiger partial charge in [0.15, 0.2) is 16.7 Å². The second-order valence-corrected chi connectivity index (χ2v) is 8.86. The topological polar surface area (TPSA) is 9.23 Å². The lowest BCUT2D eigenvalue weighted by Crippen LogP contribution is -2.06. The van der Waals surface area contributed by atoms with Crippen LogP contribution in [0.5, 0.6) is 5.06 Å². The third kappa shape index (κ3) is 4.53. The molecule has 0 spiro atoms. The van der Waals surface area contributed by atoms with Crippen LogP contribution in [0.1, 0.15) is 44.6 Å². The molecule has 0 atom stereocenters. The van der Waals surface area contributed by atoms with Crippen LogP contribution in [0, 0.1) is 17.6 Å². The minimum atomic E-state index is -0.802. The Hall–Kier alpha value is -2.20. The van der Waals surface area contributed by atoms with Crippen molar-refractivity contribution in [3.05, 3.63) is 65.7 Å². The predicted octanol–water partition coefficient (Wildman–Crippen LogP) is 7.88. The summed E-state index contributed by atoms with van der Waals surface area (Å²) in [7, 11) is 0. The summed E-state index contributed by atoms with van der Waals surface area (Å²) in [6.45, 7) is 2.83. The van der Waals surface area contributed by atoms with Crippen molar-refractivity contribution in [3.8, 4) is 26.6 Å². The molecule has 0 radical (unpaired) electrons. The highest BCUT2D eigenvalue weighted by Gasteiger charge is 2.19. The molecule has 1 nitrogen and oxygen atoms in total. The van der Waals surface area contributed by atoms with Gasteiger partial charge < -0.3 is 4.74 Å². The maximum absolute atomic E-state index is 14.9. The molecule has 0 amide bonds. The second kappa shape index (κ2) is 9.08. The average Bonchev–Trinajstić information content (AvgIpc) is 3.41. The van der Waals surface area contributed by atoms with Crippen molar-refractivity contribution in [2.45, 2.75) is 45.4 Å². The van der Waals surface area contributed by atoms with E-state index in [1.54, 1.807) is 12.1 Å². The number of rotatable bonds is 7. The normalized spacial score (nSPS) is 14.4. The zero-order chi connectivity index (χ0) is 20.2. The molecule has 1 fully saturated rings. The Morgan fingerprint density at radius 3 is 2.31 bits per heavy atom. The summed E-state index contributed by atoms with van der Waals surface area (Å²) < 4.78 is 35.6. The Labute approximate surface area is 175 Å². The molecule has 2 aromatic carbocycles. The molecule has 1 aliphatic rings. The SMILES string of the molecule is CCCc1ccc(-c2ccc(-c3ccc(OCC4CCCC4)s3)c(F)c2F)cc1. The fourth-order valence-corrected chi connectivity index (χ4v) is 4.91. The van der Waals surface area contributed by atoms with Crippen LogP contribution in [0.2, 0.25) is 0 Å². The van der Waals surface area contributed by atoms with Crippen LogP contribution >= 0.6 is 11.3 Å². The molecule has 152 valence electrons. The first-order valence-electron chi connectivity index (χ1n) is 10.5. The Kier molecular flexibility index (Phi) is 6.29. The average molecular weight is 413 g/mol. The van der Waals surface area contributed by atoms with Gasteiger partial charge in [-0.25, -0.2) is 8.78 Å². The molecular formula is C25H26F2OS. The third-order valence-electron chi connectivity index (χ3n) is 5.67. The van der Waals surface area contributed by atoms with Crippen molar-refractivity contribution in [1.82, 2.24) is 0 Å². The van der Waals surface area contributed by atoms with Gasteiger partial charge in [0.25, 0.3) is 0 Å². The van der Waals surface area contributed by atoms with Crippen molar-refractivity contribution in [2.24, 2.45) is 5.92 Å². The van der Waals surface area contributed by atoms with E-state index in [0.29, 0.717) is 28.5 Å². The summed E-state index contributed by atoms with van der Waals surface area (Å²) in [5.41, 5.74) is 2.48. The van der Waals surface area contributed by atoms with E-state index in [1.165, 1.54) is 42.6 Å². The maximum Gasteiger partial charge on any atom is 0.174 e. The Balaban J connectivity index is 1.52. The van der Waals surface area contributed by atoms with Crippen LogP contribution in [-0.4, -0.2) is 6.61 Å². The number of hydrogen-bond acceptors (Lipinski definition) is 2. The molecule has 1 heterocycles. The first-order valence-corrected chi connectivity index (χ1v) is 11.3. The van der Waals surface area contributed by atoms with Gasteiger partial charge in [0.05, 0.1) is 6.61 Å². The highest BCUT2D eigenvalue weighted by Crippen LogP contribution is 2.38. The van der Waals surface area contributed by atoms with E-state index in [1.807, 2.05) is 36.4 Å². The van der Waals surface area contributed by atoms with Crippen molar-refractivity contribution in [1.29, 1.82) is 0 Å². The zero-order valence-electron chi connectivity index (χ0n) is 16.7. The first kappa shape index (κ1) is 20.1. The molecule has 3 aromatic rings.